The molecule has 6 heteroatoms. The second kappa shape index (κ2) is 7.69. The SMILES string of the molecule is Cc1cc(C)c(C#N)c(S[C@@H](C)C(=O)Nc2cccc(Cl)c2C)n1. The fourth-order valence-electron chi connectivity index (χ4n) is 2.22. The van der Waals surface area contributed by atoms with E-state index in [0.29, 0.717) is 21.3 Å². The topological polar surface area (TPSA) is 65.8 Å². The van der Waals surface area contributed by atoms with Gasteiger partial charge in [-0.3, -0.25) is 4.79 Å². The number of pyridine rings is 1. The lowest BCUT2D eigenvalue weighted by atomic mass is 10.1. The quantitative estimate of drug-likeness (QED) is 0.807. The Bertz CT molecular complexity index is 830. The number of benzene rings is 1. The number of rotatable bonds is 4. The van der Waals surface area contributed by atoms with E-state index in [2.05, 4.69) is 16.4 Å². The van der Waals surface area contributed by atoms with E-state index >= 15 is 0 Å². The summed E-state index contributed by atoms with van der Waals surface area (Å²) >= 11 is 7.36. The second-order valence-corrected chi connectivity index (χ2v) is 7.27. The highest BCUT2D eigenvalue weighted by atomic mass is 35.5. The van der Waals surface area contributed by atoms with Crippen molar-refractivity contribution in [3.05, 3.63) is 51.7 Å². The molecule has 0 saturated heterocycles. The number of nitrogens with one attached hydrogen (secondary N) is 1. The molecule has 0 aliphatic heterocycles. The normalized spacial score (nSPS) is 11.7. The molecule has 0 fully saturated rings. The highest BCUT2D eigenvalue weighted by Crippen LogP contribution is 2.29. The maximum atomic E-state index is 12.5. The Hall–Kier alpha value is -2.03. The number of amides is 1. The van der Waals surface area contributed by atoms with Crippen LogP contribution >= 0.6 is 23.4 Å². The minimum atomic E-state index is -0.399. The molecule has 1 heterocycles. The van der Waals surface area contributed by atoms with Crippen molar-refractivity contribution in [3.63, 3.8) is 0 Å². The monoisotopic (exact) mass is 359 g/mol. The lowest BCUT2D eigenvalue weighted by Gasteiger charge is -2.15. The largest absolute Gasteiger partial charge is 0.325 e. The number of carbonyl (C=O) groups excluding carboxylic acids is 1. The summed E-state index contributed by atoms with van der Waals surface area (Å²) in [7, 11) is 0. The van der Waals surface area contributed by atoms with Crippen molar-refractivity contribution in [1.29, 1.82) is 5.26 Å². The van der Waals surface area contributed by atoms with Gasteiger partial charge in [-0.2, -0.15) is 5.26 Å². The van der Waals surface area contributed by atoms with E-state index in [1.807, 2.05) is 32.9 Å². The summed E-state index contributed by atoms with van der Waals surface area (Å²) in [5.74, 6) is -0.157. The van der Waals surface area contributed by atoms with E-state index < -0.39 is 5.25 Å². The van der Waals surface area contributed by atoms with Gasteiger partial charge in [-0.15, -0.1) is 0 Å². The summed E-state index contributed by atoms with van der Waals surface area (Å²) in [5, 5.41) is 13.0. The molecule has 1 atom stereocenters. The molecule has 24 heavy (non-hydrogen) atoms. The average molecular weight is 360 g/mol. The highest BCUT2D eigenvalue weighted by Gasteiger charge is 2.19. The number of nitriles is 1. The predicted octanol–water partition coefficient (Wildman–Crippen LogP) is 4.65. The summed E-state index contributed by atoms with van der Waals surface area (Å²) < 4.78 is 0. The van der Waals surface area contributed by atoms with Crippen LogP contribution in [0.25, 0.3) is 0 Å². The molecule has 4 nitrogen and oxygen atoms in total. The zero-order chi connectivity index (χ0) is 17.9. The molecule has 0 aliphatic carbocycles. The number of hydrogen-bond donors (Lipinski definition) is 1. The Balaban J connectivity index is 2.18. The van der Waals surface area contributed by atoms with Gasteiger partial charge in [0.05, 0.1) is 10.8 Å². The van der Waals surface area contributed by atoms with Gasteiger partial charge >= 0.3 is 0 Å². The third kappa shape index (κ3) is 4.08. The highest BCUT2D eigenvalue weighted by molar-refractivity contribution is 8.00. The summed E-state index contributed by atoms with van der Waals surface area (Å²) in [6.45, 7) is 7.39. The van der Waals surface area contributed by atoms with E-state index in [0.717, 1.165) is 16.8 Å². The maximum absolute atomic E-state index is 12.5. The van der Waals surface area contributed by atoms with Crippen molar-refractivity contribution in [2.24, 2.45) is 0 Å². The first kappa shape index (κ1) is 18.3. The molecule has 0 radical (unpaired) electrons. The maximum Gasteiger partial charge on any atom is 0.237 e. The lowest BCUT2D eigenvalue weighted by Crippen LogP contribution is -2.23. The molecule has 1 aromatic heterocycles. The smallest absolute Gasteiger partial charge is 0.237 e. The van der Waals surface area contributed by atoms with E-state index in [-0.39, 0.29) is 5.91 Å². The van der Waals surface area contributed by atoms with Gasteiger partial charge in [0.1, 0.15) is 11.1 Å². The zero-order valence-electron chi connectivity index (χ0n) is 14.0. The molecule has 0 spiro atoms. The number of aryl methyl sites for hydroxylation is 2. The van der Waals surface area contributed by atoms with Crippen molar-refractivity contribution in [1.82, 2.24) is 4.98 Å². The second-order valence-electron chi connectivity index (χ2n) is 5.53. The Labute approximate surface area is 151 Å². The third-order valence-electron chi connectivity index (χ3n) is 3.61. The van der Waals surface area contributed by atoms with Crippen LogP contribution < -0.4 is 5.32 Å². The van der Waals surface area contributed by atoms with Crippen LogP contribution in [0.4, 0.5) is 5.69 Å². The van der Waals surface area contributed by atoms with Crippen LogP contribution in [0.3, 0.4) is 0 Å². The van der Waals surface area contributed by atoms with E-state index in [4.69, 9.17) is 11.6 Å². The number of nitrogens with zero attached hydrogens (tertiary/aromatic N) is 2. The lowest BCUT2D eigenvalue weighted by molar-refractivity contribution is -0.115. The van der Waals surface area contributed by atoms with Crippen molar-refractivity contribution >= 4 is 35.0 Å². The first-order chi connectivity index (χ1) is 11.3. The first-order valence-electron chi connectivity index (χ1n) is 7.44. The van der Waals surface area contributed by atoms with Crippen LogP contribution in [0.1, 0.15) is 29.3 Å². The molecule has 0 saturated carbocycles. The van der Waals surface area contributed by atoms with Gasteiger partial charge in [-0.25, -0.2) is 4.98 Å². The van der Waals surface area contributed by atoms with Crippen molar-refractivity contribution < 1.29 is 4.79 Å². The Morgan fingerprint density at radius 1 is 1.38 bits per heavy atom. The molecule has 1 N–H and O–H groups in total. The van der Waals surface area contributed by atoms with Crippen LogP contribution in [-0.2, 0) is 4.79 Å². The van der Waals surface area contributed by atoms with Gasteiger partial charge < -0.3 is 5.32 Å². The van der Waals surface area contributed by atoms with Gasteiger partial charge in [0.25, 0.3) is 0 Å². The number of hydrogen-bond acceptors (Lipinski definition) is 4. The predicted molar refractivity (Wildman–Crippen MR) is 98.6 cm³/mol. The molecule has 124 valence electrons. The van der Waals surface area contributed by atoms with E-state index in [9.17, 15) is 10.1 Å². The summed E-state index contributed by atoms with van der Waals surface area (Å²) in [4.78, 5) is 16.9. The fraction of sp³-hybridized carbons (Fsp3) is 0.278. The Kier molecular flexibility index (Phi) is 5.87. The van der Waals surface area contributed by atoms with Crippen LogP contribution in [0.5, 0.6) is 0 Å². The number of halogens is 1. The van der Waals surface area contributed by atoms with Gasteiger partial charge in [-0.05, 0) is 57.0 Å². The molecule has 1 amide bonds. The fourth-order valence-corrected chi connectivity index (χ4v) is 3.42. The molecular formula is C18H18ClN3OS. The Morgan fingerprint density at radius 2 is 2.08 bits per heavy atom. The third-order valence-corrected chi connectivity index (χ3v) is 5.10. The van der Waals surface area contributed by atoms with Crippen molar-refractivity contribution in [2.75, 3.05) is 5.32 Å². The van der Waals surface area contributed by atoms with Crippen molar-refractivity contribution in [3.8, 4) is 6.07 Å². The molecule has 0 aliphatic rings. The van der Waals surface area contributed by atoms with Crippen LogP contribution in [0, 0.1) is 32.1 Å². The molecule has 2 rings (SSSR count). The van der Waals surface area contributed by atoms with Gasteiger partial charge in [-0.1, -0.05) is 29.4 Å². The van der Waals surface area contributed by atoms with Crippen molar-refractivity contribution in [2.45, 2.75) is 38.0 Å². The summed E-state index contributed by atoms with van der Waals surface area (Å²) in [6, 6.07) is 9.42. The average Bonchev–Trinajstić information content (AvgIpc) is 2.51. The first-order valence-corrected chi connectivity index (χ1v) is 8.70. The molecule has 0 unspecified atom stereocenters. The number of thioether (sulfide) groups is 1. The van der Waals surface area contributed by atoms with Gasteiger partial charge in [0.2, 0.25) is 5.91 Å². The van der Waals surface area contributed by atoms with Crippen LogP contribution in [-0.4, -0.2) is 16.1 Å². The summed E-state index contributed by atoms with van der Waals surface area (Å²) in [5.41, 5.74) is 3.73. The van der Waals surface area contributed by atoms with Crippen LogP contribution in [0.2, 0.25) is 5.02 Å². The minimum Gasteiger partial charge on any atom is -0.325 e. The molecule has 0 bridgehead atoms. The van der Waals surface area contributed by atoms with E-state index in [1.54, 1.807) is 19.1 Å². The number of aromatic nitrogens is 1. The number of anilines is 1. The van der Waals surface area contributed by atoms with E-state index in [1.165, 1.54) is 11.8 Å². The van der Waals surface area contributed by atoms with Gasteiger partial charge in [0.15, 0.2) is 0 Å². The molecular weight excluding hydrogens is 342 g/mol. The zero-order valence-corrected chi connectivity index (χ0v) is 15.5. The number of carbonyl (C=O) groups is 1. The van der Waals surface area contributed by atoms with Gasteiger partial charge in [0, 0.05) is 16.4 Å². The Morgan fingerprint density at radius 3 is 2.75 bits per heavy atom. The van der Waals surface area contributed by atoms with Crippen LogP contribution in [0.15, 0.2) is 29.3 Å². The standard InChI is InChI=1S/C18H18ClN3OS/c1-10-8-11(2)21-18(14(10)9-20)24-13(4)17(23)22-16-7-5-6-15(19)12(16)3/h5-8,13H,1-4H3,(H,22,23)/t13-/m0/s1. The molecule has 1 aromatic carbocycles. The molecule has 2 aromatic rings. The summed E-state index contributed by atoms with van der Waals surface area (Å²) in [6.07, 6.45) is 0. The minimum absolute atomic E-state index is 0.157.